The monoisotopic (exact) mass is 343 g/mol. The first-order valence-corrected chi connectivity index (χ1v) is 6.95. The van der Waals surface area contributed by atoms with E-state index in [1.165, 1.54) is 4.90 Å². The zero-order chi connectivity index (χ0) is 17.5. The first-order valence-electron chi connectivity index (χ1n) is 6.57. The fraction of sp³-hybridized carbons (Fsp3) is 0.143. The van der Waals surface area contributed by atoms with Crippen LogP contribution in [0.2, 0.25) is 5.02 Å². The molecule has 0 spiro atoms. The van der Waals surface area contributed by atoms with Gasteiger partial charge in [-0.15, -0.1) is 0 Å². The summed E-state index contributed by atoms with van der Waals surface area (Å²) in [4.78, 5) is 19.8. The Bertz CT molecular complexity index is 810. The highest BCUT2D eigenvalue weighted by Gasteiger charge is 2.27. The molecule has 1 aromatic heterocycles. The molecule has 0 aliphatic carbocycles. The Labute approximate surface area is 141 Å². The molecule has 1 N–H and O–H groups in total. The molecular formula is C14H10ClN7O2. The molecule has 0 fully saturated rings. The molecule has 2 rings (SSSR count). The Morgan fingerprint density at radius 2 is 1.83 bits per heavy atom. The van der Waals surface area contributed by atoms with Crippen molar-refractivity contribution in [3.05, 3.63) is 45.7 Å². The number of hydrogen-bond acceptors (Lipinski definition) is 8. The molecule has 0 saturated carbocycles. The van der Waals surface area contributed by atoms with Crippen LogP contribution >= 0.6 is 11.6 Å². The first-order chi connectivity index (χ1) is 11.6. The van der Waals surface area contributed by atoms with E-state index < -0.39 is 10.6 Å². The summed E-state index contributed by atoms with van der Waals surface area (Å²) in [5.74, 6) is -0.150. The zero-order valence-electron chi connectivity index (χ0n) is 12.2. The molecule has 0 aliphatic rings. The number of nitriles is 2. The molecule has 0 unspecified atom stereocenters. The maximum Gasteiger partial charge on any atom is 0.353 e. The van der Waals surface area contributed by atoms with Gasteiger partial charge in [-0.3, -0.25) is 10.1 Å². The molecule has 2 aromatic rings. The van der Waals surface area contributed by atoms with Gasteiger partial charge < -0.3 is 10.2 Å². The van der Waals surface area contributed by atoms with E-state index in [9.17, 15) is 10.1 Å². The lowest BCUT2D eigenvalue weighted by atomic mass is 10.3. The van der Waals surface area contributed by atoms with Crippen LogP contribution in [0.3, 0.4) is 0 Å². The van der Waals surface area contributed by atoms with Gasteiger partial charge in [-0.1, -0.05) is 11.6 Å². The van der Waals surface area contributed by atoms with E-state index in [2.05, 4.69) is 15.3 Å². The second-order valence-corrected chi connectivity index (χ2v) is 4.89. The van der Waals surface area contributed by atoms with E-state index >= 15 is 0 Å². The lowest BCUT2D eigenvalue weighted by Gasteiger charge is -2.17. The van der Waals surface area contributed by atoms with E-state index in [1.807, 2.05) is 12.1 Å². The van der Waals surface area contributed by atoms with Gasteiger partial charge in [0.15, 0.2) is 0 Å². The Morgan fingerprint density at radius 3 is 2.38 bits per heavy atom. The van der Waals surface area contributed by atoms with Crippen molar-refractivity contribution in [2.24, 2.45) is 0 Å². The van der Waals surface area contributed by atoms with Crippen molar-refractivity contribution < 1.29 is 4.92 Å². The van der Waals surface area contributed by atoms with Gasteiger partial charge in [0.2, 0.25) is 11.6 Å². The van der Waals surface area contributed by atoms with Crippen molar-refractivity contribution in [2.75, 3.05) is 23.3 Å². The summed E-state index contributed by atoms with van der Waals surface area (Å²) in [5.41, 5.74) is 0.122. The predicted molar refractivity (Wildman–Crippen MR) is 86.9 cm³/mol. The van der Waals surface area contributed by atoms with Crippen molar-refractivity contribution >= 4 is 34.6 Å². The average molecular weight is 344 g/mol. The highest BCUT2D eigenvalue weighted by Crippen LogP contribution is 2.33. The van der Waals surface area contributed by atoms with Crippen LogP contribution in [0, 0.1) is 32.8 Å². The van der Waals surface area contributed by atoms with Crippen molar-refractivity contribution in [3.63, 3.8) is 0 Å². The number of halogens is 1. The largest absolute Gasteiger partial charge is 0.353 e. The van der Waals surface area contributed by atoms with Crippen LogP contribution in [-0.4, -0.2) is 28.0 Å². The van der Waals surface area contributed by atoms with Gasteiger partial charge >= 0.3 is 5.69 Å². The molecule has 0 amide bonds. The third-order valence-corrected chi connectivity index (χ3v) is 3.17. The van der Waals surface area contributed by atoms with Crippen molar-refractivity contribution in [1.82, 2.24) is 9.97 Å². The fourth-order valence-corrected chi connectivity index (χ4v) is 2.03. The van der Waals surface area contributed by atoms with Crippen LogP contribution in [0.5, 0.6) is 0 Å². The second-order valence-electron chi connectivity index (χ2n) is 4.46. The molecule has 24 heavy (non-hydrogen) atoms. The maximum atomic E-state index is 11.5. The fourth-order valence-electron chi connectivity index (χ4n) is 1.91. The molecule has 0 aliphatic heterocycles. The first kappa shape index (κ1) is 16.9. The molecule has 0 bridgehead atoms. The Balaban J connectivity index is 2.47. The van der Waals surface area contributed by atoms with Crippen LogP contribution < -0.4 is 10.2 Å². The van der Waals surface area contributed by atoms with Gasteiger partial charge in [-0.25, -0.2) is 9.97 Å². The van der Waals surface area contributed by atoms with Gasteiger partial charge in [-0.05, 0) is 24.3 Å². The number of nitro groups is 1. The third kappa shape index (κ3) is 3.85. The molecule has 1 heterocycles. The minimum Gasteiger partial charge on any atom is -0.334 e. The van der Waals surface area contributed by atoms with Crippen LogP contribution in [-0.2, 0) is 0 Å². The number of nitrogens with one attached hydrogen (secondary N) is 1. The predicted octanol–water partition coefficient (Wildman–Crippen LogP) is 2.64. The quantitative estimate of drug-likeness (QED) is 0.481. The van der Waals surface area contributed by atoms with Crippen LogP contribution in [0.4, 0.5) is 23.0 Å². The number of anilines is 3. The molecule has 0 atom stereocenters. The van der Waals surface area contributed by atoms with Gasteiger partial charge in [0.25, 0.3) is 0 Å². The van der Waals surface area contributed by atoms with E-state index in [0.717, 1.165) is 6.33 Å². The van der Waals surface area contributed by atoms with Gasteiger partial charge in [0, 0.05) is 10.7 Å². The molecule has 10 heteroatoms. The standard InChI is InChI=1S/C14H10ClN7O2/c15-10-1-3-11(4-2-10)20-13-12(22(23)24)14(19-9-18-13)21(7-5-16)8-6-17/h1-4,9H,7-8H2,(H,18,19,20). The molecule has 0 radical (unpaired) electrons. The van der Waals surface area contributed by atoms with E-state index in [0.29, 0.717) is 10.7 Å². The highest BCUT2D eigenvalue weighted by molar-refractivity contribution is 6.30. The number of nitrogens with zero attached hydrogens (tertiary/aromatic N) is 6. The number of hydrogen-bond donors (Lipinski definition) is 1. The summed E-state index contributed by atoms with van der Waals surface area (Å²) >= 11 is 5.80. The van der Waals surface area contributed by atoms with Gasteiger partial charge in [-0.2, -0.15) is 10.5 Å². The Hall–Kier alpha value is -3.43. The Morgan fingerprint density at radius 1 is 1.21 bits per heavy atom. The zero-order valence-corrected chi connectivity index (χ0v) is 12.9. The van der Waals surface area contributed by atoms with Crippen molar-refractivity contribution in [1.29, 1.82) is 10.5 Å². The molecular weight excluding hydrogens is 334 g/mol. The summed E-state index contributed by atoms with van der Waals surface area (Å²) in [7, 11) is 0. The normalized spacial score (nSPS) is 9.62. The summed E-state index contributed by atoms with van der Waals surface area (Å²) < 4.78 is 0. The van der Waals surface area contributed by atoms with Gasteiger partial charge in [0.1, 0.15) is 19.4 Å². The van der Waals surface area contributed by atoms with Crippen LogP contribution in [0.1, 0.15) is 0 Å². The summed E-state index contributed by atoms with van der Waals surface area (Å²) in [5, 5.41) is 32.5. The SMILES string of the molecule is N#CCN(CC#N)c1ncnc(Nc2ccc(Cl)cc2)c1[N+](=O)[O-]. The van der Waals surface area contributed by atoms with E-state index in [4.69, 9.17) is 22.1 Å². The van der Waals surface area contributed by atoms with E-state index in [-0.39, 0.29) is 24.7 Å². The second kappa shape index (κ2) is 7.72. The van der Waals surface area contributed by atoms with Crippen molar-refractivity contribution in [2.45, 2.75) is 0 Å². The van der Waals surface area contributed by atoms with E-state index in [1.54, 1.807) is 24.3 Å². The minimum atomic E-state index is -0.657. The molecule has 9 nitrogen and oxygen atoms in total. The lowest BCUT2D eigenvalue weighted by molar-refractivity contribution is -0.383. The number of rotatable bonds is 6. The number of benzene rings is 1. The molecule has 0 saturated heterocycles. The average Bonchev–Trinajstić information content (AvgIpc) is 2.56. The third-order valence-electron chi connectivity index (χ3n) is 2.92. The maximum absolute atomic E-state index is 11.5. The number of aromatic nitrogens is 2. The molecule has 1 aromatic carbocycles. The minimum absolute atomic E-state index is 0.0480. The van der Waals surface area contributed by atoms with Crippen molar-refractivity contribution in [3.8, 4) is 12.1 Å². The van der Waals surface area contributed by atoms with Crippen LogP contribution in [0.15, 0.2) is 30.6 Å². The molecule has 120 valence electrons. The van der Waals surface area contributed by atoms with Crippen LogP contribution in [0.25, 0.3) is 0 Å². The summed E-state index contributed by atoms with van der Waals surface area (Å²) in [6, 6.07) is 10.2. The highest BCUT2D eigenvalue weighted by atomic mass is 35.5. The topological polar surface area (TPSA) is 132 Å². The summed E-state index contributed by atoms with van der Waals surface area (Å²) in [6.07, 6.45) is 1.13. The Kier molecular flexibility index (Phi) is 5.45. The lowest BCUT2D eigenvalue weighted by Crippen LogP contribution is -2.26. The summed E-state index contributed by atoms with van der Waals surface area (Å²) in [6.45, 7) is -0.433. The van der Waals surface area contributed by atoms with Gasteiger partial charge in [0.05, 0.1) is 17.1 Å². The smallest absolute Gasteiger partial charge is 0.334 e.